The van der Waals surface area contributed by atoms with Crippen LogP contribution in [0.5, 0.6) is 23.0 Å². The lowest BCUT2D eigenvalue weighted by molar-refractivity contribution is 0.0589. The van der Waals surface area contributed by atoms with Crippen molar-refractivity contribution in [2.45, 2.75) is 12.5 Å². The second kappa shape index (κ2) is 10.6. The number of fused-ring (bicyclic) bond motifs is 1. The van der Waals surface area contributed by atoms with Crippen molar-refractivity contribution in [3.8, 4) is 23.0 Å². The van der Waals surface area contributed by atoms with E-state index in [1.165, 1.54) is 0 Å². The lowest BCUT2D eigenvalue weighted by Crippen LogP contribution is -2.42. The Labute approximate surface area is 206 Å². The molecule has 7 heteroatoms. The predicted octanol–water partition coefficient (Wildman–Crippen LogP) is 4.60. The van der Waals surface area contributed by atoms with E-state index in [0.717, 1.165) is 29.0 Å². The van der Waals surface area contributed by atoms with Crippen LogP contribution in [0.1, 0.15) is 27.5 Å². The molecule has 0 fully saturated rings. The van der Waals surface area contributed by atoms with Gasteiger partial charge in [-0.25, -0.2) is 0 Å². The van der Waals surface area contributed by atoms with Gasteiger partial charge in [0.15, 0.2) is 11.5 Å². The minimum absolute atomic E-state index is 0.0286. The van der Waals surface area contributed by atoms with Crippen LogP contribution in [-0.4, -0.2) is 59.4 Å². The molecule has 1 heterocycles. The number of rotatable bonds is 8. The van der Waals surface area contributed by atoms with Crippen LogP contribution in [0.2, 0.25) is 0 Å². The smallest absolute Gasteiger partial charge is 0.254 e. The summed E-state index contributed by atoms with van der Waals surface area (Å²) < 4.78 is 22.5. The van der Waals surface area contributed by atoms with Gasteiger partial charge in [-0.15, -0.1) is 0 Å². The summed E-state index contributed by atoms with van der Waals surface area (Å²) in [6.07, 6.45) is 0.718. The van der Waals surface area contributed by atoms with E-state index < -0.39 is 0 Å². The van der Waals surface area contributed by atoms with E-state index in [2.05, 4.69) is 0 Å². The zero-order chi connectivity index (χ0) is 24.9. The van der Waals surface area contributed by atoms with Gasteiger partial charge in [-0.3, -0.25) is 4.79 Å². The maximum absolute atomic E-state index is 13.7. The van der Waals surface area contributed by atoms with Gasteiger partial charge < -0.3 is 28.7 Å². The molecule has 1 aliphatic heterocycles. The van der Waals surface area contributed by atoms with Crippen molar-refractivity contribution in [1.29, 1.82) is 0 Å². The Kier molecular flexibility index (Phi) is 7.34. The van der Waals surface area contributed by atoms with Gasteiger partial charge in [-0.1, -0.05) is 0 Å². The molecule has 184 valence electrons. The Morgan fingerprint density at radius 3 is 2.11 bits per heavy atom. The highest BCUT2D eigenvalue weighted by molar-refractivity contribution is 5.95. The maximum Gasteiger partial charge on any atom is 0.254 e. The maximum atomic E-state index is 13.7. The largest absolute Gasteiger partial charge is 0.497 e. The standard InChI is InChI=1S/C28H32N2O5/c1-29(2)21-8-6-19(7-9-21)28(31)30-15-14-20-16-26(33-4)27(34-5)17-24(20)25(30)18-35-23-12-10-22(32-3)11-13-23/h6-13,16-17,25H,14-15,18H2,1-5H3. The van der Waals surface area contributed by atoms with Crippen molar-refractivity contribution in [2.24, 2.45) is 0 Å². The zero-order valence-electron chi connectivity index (χ0n) is 20.9. The molecule has 1 unspecified atom stereocenters. The molecule has 0 aromatic heterocycles. The van der Waals surface area contributed by atoms with E-state index in [4.69, 9.17) is 18.9 Å². The van der Waals surface area contributed by atoms with Gasteiger partial charge in [0.2, 0.25) is 0 Å². The molecule has 3 aromatic carbocycles. The van der Waals surface area contributed by atoms with Crippen molar-refractivity contribution in [2.75, 3.05) is 53.5 Å². The molecule has 0 N–H and O–H groups in total. The van der Waals surface area contributed by atoms with E-state index in [1.807, 2.05) is 84.6 Å². The Bertz CT molecular complexity index is 1160. The van der Waals surface area contributed by atoms with E-state index in [1.54, 1.807) is 21.3 Å². The second-order valence-corrected chi connectivity index (χ2v) is 8.60. The average Bonchev–Trinajstić information content (AvgIpc) is 2.90. The third-order valence-electron chi connectivity index (χ3n) is 6.36. The van der Waals surface area contributed by atoms with Gasteiger partial charge in [0.05, 0.1) is 27.4 Å². The van der Waals surface area contributed by atoms with Gasteiger partial charge >= 0.3 is 0 Å². The first-order valence-electron chi connectivity index (χ1n) is 11.5. The molecule has 3 aromatic rings. The minimum Gasteiger partial charge on any atom is -0.497 e. The number of carbonyl (C=O) groups excluding carboxylic acids is 1. The number of amides is 1. The molecule has 0 spiro atoms. The van der Waals surface area contributed by atoms with Crippen molar-refractivity contribution < 1.29 is 23.7 Å². The summed E-state index contributed by atoms with van der Waals surface area (Å²) in [5.74, 6) is 2.75. The molecule has 0 aliphatic carbocycles. The number of methoxy groups -OCH3 is 3. The van der Waals surface area contributed by atoms with Crippen LogP contribution in [0, 0.1) is 0 Å². The lowest BCUT2D eigenvalue weighted by atomic mass is 9.91. The second-order valence-electron chi connectivity index (χ2n) is 8.60. The monoisotopic (exact) mass is 476 g/mol. The van der Waals surface area contributed by atoms with Crippen molar-refractivity contribution in [1.82, 2.24) is 4.90 Å². The van der Waals surface area contributed by atoms with Gasteiger partial charge in [0, 0.05) is 31.9 Å². The van der Waals surface area contributed by atoms with E-state index in [0.29, 0.717) is 36.0 Å². The summed E-state index contributed by atoms with van der Waals surface area (Å²) in [5.41, 5.74) is 3.81. The Morgan fingerprint density at radius 2 is 1.51 bits per heavy atom. The van der Waals surface area contributed by atoms with Crippen LogP contribution < -0.4 is 23.8 Å². The molecule has 0 saturated heterocycles. The van der Waals surface area contributed by atoms with E-state index in [-0.39, 0.29) is 11.9 Å². The molecule has 0 bridgehead atoms. The predicted molar refractivity (Wildman–Crippen MR) is 136 cm³/mol. The first-order valence-corrected chi connectivity index (χ1v) is 11.5. The first kappa shape index (κ1) is 24.3. The number of nitrogens with zero attached hydrogens (tertiary/aromatic N) is 2. The highest BCUT2D eigenvalue weighted by Gasteiger charge is 2.33. The molecule has 4 rings (SSSR count). The van der Waals surface area contributed by atoms with Crippen LogP contribution in [0.3, 0.4) is 0 Å². The van der Waals surface area contributed by atoms with Crippen LogP contribution in [0.4, 0.5) is 5.69 Å². The van der Waals surface area contributed by atoms with Crippen LogP contribution in [0.25, 0.3) is 0 Å². The SMILES string of the molecule is COc1ccc(OCC2c3cc(OC)c(OC)cc3CCN2C(=O)c2ccc(N(C)C)cc2)cc1. The fraction of sp³-hybridized carbons (Fsp3) is 0.321. The fourth-order valence-corrected chi connectivity index (χ4v) is 4.37. The van der Waals surface area contributed by atoms with Crippen molar-refractivity contribution in [3.05, 3.63) is 77.4 Å². The van der Waals surface area contributed by atoms with Gasteiger partial charge in [-0.05, 0) is 78.2 Å². The van der Waals surface area contributed by atoms with Crippen molar-refractivity contribution >= 4 is 11.6 Å². The summed E-state index contributed by atoms with van der Waals surface area (Å²) in [6, 6.07) is 18.8. The van der Waals surface area contributed by atoms with Crippen LogP contribution >= 0.6 is 0 Å². The number of anilines is 1. The highest BCUT2D eigenvalue weighted by Crippen LogP contribution is 2.39. The fourth-order valence-electron chi connectivity index (χ4n) is 4.37. The molecule has 7 nitrogen and oxygen atoms in total. The average molecular weight is 477 g/mol. The third-order valence-corrected chi connectivity index (χ3v) is 6.36. The first-order chi connectivity index (χ1) is 16.9. The summed E-state index contributed by atoms with van der Waals surface area (Å²) in [6.45, 7) is 0.879. The normalized spacial score (nSPS) is 14.7. The molecular formula is C28H32N2O5. The summed E-state index contributed by atoms with van der Waals surface area (Å²) >= 11 is 0. The van der Waals surface area contributed by atoms with Crippen LogP contribution in [-0.2, 0) is 6.42 Å². The Balaban J connectivity index is 1.67. The van der Waals surface area contributed by atoms with Gasteiger partial charge in [-0.2, -0.15) is 0 Å². The summed E-state index contributed by atoms with van der Waals surface area (Å²) in [4.78, 5) is 17.6. The quantitative estimate of drug-likeness (QED) is 0.474. The molecule has 1 aliphatic rings. The number of benzene rings is 3. The number of hydrogen-bond acceptors (Lipinski definition) is 6. The van der Waals surface area contributed by atoms with Crippen molar-refractivity contribution in [3.63, 3.8) is 0 Å². The molecule has 35 heavy (non-hydrogen) atoms. The Hall–Kier alpha value is -3.87. The molecular weight excluding hydrogens is 444 g/mol. The molecule has 0 saturated carbocycles. The molecule has 1 atom stereocenters. The third kappa shape index (κ3) is 5.14. The number of carbonyl (C=O) groups is 1. The highest BCUT2D eigenvalue weighted by atomic mass is 16.5. The van der Waals surface area contributed by atoms with Gasteiger partial charge in [0.25, 0.3) is 5.91 Å². The summed E-state index contributed by atoms with van der Waals surface area (Å²) in [5, 5.41) is 0. The number of ether oxygens (including phenoxy) is 4. The summed E-state index contributed by atoms with van der Waals surface area (Å²) in [7, 11) is 8.83. The van der Waals surface area contributed by atoms with E-state index >= 15 is 0 Å². The Morgan fingerprint density at radius 1 is 0.886 bits per heavy atom. The lowest BCUT2D eigenvalue weighted by Gasteiger charge is -2.37. The van der Waals surface area contributed by atoms with Gasteiger partial charge in [0.1, 0.15) is 18.1 Å². The topological polar surface area (TPSA) is 60.5 Å². The minimum atomic E-state index is -0.290. The van der Waals surface area contributed by atoms with E-state index in [9.17, 15) is 4.79 Å². The van der Waals surface area contributed by atoms with Crippen LogP contribution in [0.15, 0.2) is 60.7 Å². The molecule has 1 amide bonds. The molecule has 0 radical (unpaired) electrons. The zero-order valence-corrected chi connectivity index (χ0v) is 20.9. The number of hydrogen-bond donors (Lipinski definition) is 0.